The molecule has 1 unspecified atom stereocenters. The van der Waals surface area contributed by atoms with E-state index in [1.165, 1.54) is 13.3 Å². The van der Waals surface area contributed by atoms with E-state index in [1.54, 1.807) is 55.8 Å². The van der Waals surface area contributed by atoms with Gasteiger partial charge in [-0.3, -0.25) is 13.9 Å². The highest BCUT2D eigenvalue weighted by Gasteiger charge is 2.52. The van der Waals surface area contributed by atoms with Gasteiger partial charge in [0.25, 0.3) is 0 Å². The number of nitrogen functional groups attached to an aromatic ring is 1. The van der Waals surface area contributed by atoms with E-state index in [-0.39, 0.29) is 24.4 Å². The van der Waals surface area contributed by atoms with Gasteiger partial charge in [-0.25, -0.2) is 9.55 Å². The Morgan fingerprint density at radius 2 is 1.95 bits per heavy atom. The van der Waals surface area contributed by atoms with E-state index in [4.69, 9.17) is 24.3 Å². The van der Waals surface area contributed by atoms with Gasteiger partial charge in [0.05, 0.1) is 25.1 Å². The standard InChI is InChI=1S/C25H36N7O7P/c1-14(2)37-22(34)15(3)31-40(35,39-16-10-8-7-9-11-16)36-12-17-19(33)25(4,5)23(38-17)32-13-28-18-20(27-6)29-24(26)30-21(18)32/h7-11,13-15,17,19,23,33H,12H2,1-6H3,(H,31,35)(H3,26,27,29,30)/t15-,17-,19-,23-,40?/m1/s1. The first kappa shape index (κ1) is 29.7. The van der Waals surface area contributed by atoms with Crippen LogP contribution in [0, 0.1) is 5.41 Å². The van der Waals surface area contributed by atoms with Crippen molar-refractivity contribution >= 4 is 36.6 Å². The first-order valence-electron chi connectivity index (χ1n) is 12.8. The highest BCUT2D eigenvalue weighted by Crippen LogP contribution is 2.49. The number of carbonyl (C=O) groups excluding carboxylic acids is 1. The zero-order valence-corrected chi connectivity index (χ0v) is 24.2. The molecule has 14 nitrogen and oxygen atoms in total. The summed E-state index contributed by atoms with van der Waals surface area (Å²) in [6, 6.07) is 7.38. The van der Waals surface area contributed by atoms with Crippen LogP contribution < -0.4 is 20.7 Å². The number of esters is 1. The van der Waals surface area contributed by atoms with E-state index >= 15 is 0 Å². The van der Waals surface area contributed by atoms with Crippen molar-refractivity contribution in [3.63, 3.8) is 0 Å². The summed E-state index contributed by atoms with van der Waals surface area (Å²) in [4.78, 5) is 25.3. The molecule has 3 aromatic rings. The number of nitrogens with zero attached hydrogens (tertiary/aromatic N) is 4. The van der Waals surface area contributed by atoms with Gasteiger partial charge < -0.3 is 30.2 Å². The minimum absolute atomic E-state index is 0.0463. The minimum Gasteiger partial charge on any atom is -0.462 e. The van der Waals surface area contributed by atoms with Gasteiger partial charge in [0.15, 0.2) is 17.0 Å². The molecular formula is C25H36N7O7P. The Labute approximate surface area is 232 Å². The van der Waals surface area contributed by atoms with Gasteiger partial charge in [0, 0.05) is 12.5 Å². The van der Waals surface area contributed by atoms with Crippen molar-refractivity contribution in [1.29, 1.82) is 0 Å². The van der Waals surface area contributed by atoms with Crippen LogP contribution in [0.25, 0.3) is 11.2 Å². The number of nitrogens with one attached hydrogen (secondary N) is 2. The molecule has 0 amide bonds. The van der Waals surface area contributed by atoms with Crippen molar-refractivity contribution in [2.45, 2.75) is 65.2 Å². The van der Waals surface area contributed by atoms with Gasteiger partial charge in [0.2, 0.25) is 5.95 Å². The molecule has 40 heavy (non-hydrogen) atoms. The number of hydrogen-bond donors (Lipinski definition) is 4. The molecule has 3 heterocycles. The van der Waals surface area contributed by atoms with Crippen molar-refractivity contribution in [1.82, 2.24) is 24.6 Å². The fraction of sp³-hybridized carbons (Fsp3) is 0.520. The number of nitrogens with two attached hydrogens (primary N) is 1. The summed E-state index contributed by atoms with van der Waals surface area (Å²) >= 11 is 0. The Hall–Kier alpha value is -3.29. The summed E-state index contributed by atoms with van der Waals surface area (Å²) in [5, 5.41) is 16.8. The number of aliphatic hydroxyl groups is 1. The number of imidazole rings is 1. The lowest BCUT2D eigenvalue weighted by molar-refractivity contribution is -0.149. The predicted octanol–water partition coefficient (Wildman–Crippen LogP) is 2.87. The molecule has 218 valence electrons. The summed E-state index contributed by atoms with van der Waals surface area (Å²) in [6.45, 7) is 8.23. The number of aliphatic hydroxyl groups excluding tert-OH is 1. The Kier molecular flexibility index (Phi) is 8.66. The zero-order valence-electron chi connectivity index (χ0n) is 23.3. The first-order valence-corrected chi connectivity index (χ1v) is 14.4. The largest absolute Gasteiger partial charge is 0.462 e. The average Bonchev–Trinajstić information content (AvgIpc) is 3.40. The van der Waals surface area contributed by atoms with Crippen LogP contribution in [0.4, 0.5) is 11.8 Å². The molecule has 1 aromatic carbocycles. The fourth-order valence-corrected chi connectivity index (χ4v) is 5.88. The fourth-order valence-electron chi connectivity index (χ4n) is 4.38. The lowest BCUT2D eigenvalue weighted by Crippen LogP contribution is -2.38. The Balaban J connectivity index is 1.56. The highest BCUT2D eigenvalue weighted by molar-refractivity contribution is 7.52. The number of aromatic nitrogens is 4. The Morgan fingerprint density at radius 1 is 1.25 bits per heavy atom. The number of para-hydroxylation sites is 1. The molecule has 0 spiro atoms. The topological polar surface area (TPSA) is 185 Å². The van der Waals surface area contributed by atoms with Crippen molar-refractivity contribution in [2.24, 2.45) is 5.41 Å². The highest BCUT2D eigenvalue weighted by atomic mass is 31.2. The summed E-state index contributed by atoms with van der Waals surface area (Å²) < 4.78 is 38.4. The molecule has 1 saturated heterocycles. The summed E-state index contributed by atoms with van der Waals surface area (Å²) in [7, 11) is -2.46. The van der Waals surface area contributed by atoms with Gasteiger partial charge in [0.1, 0.15) is 24.1 Å². The van der Waals surface area contributed by atoms with Gasteiger partial charge in [-0.05, 0) is 32.9 Å². The molecule has 1 aliphatic rings. The SMILES string of the molecule is CNc1nc(N)nc2c1ncn2[C@@H]1O[C@H](COP(=O)(N[C@H](C)C(=O)OC(C)C)Oc2ccccc2)[C@@H](O)C1(C)C. The Morgan fingerprint density at radius 3 is 2.60 bits per heavy atom. The van der Waals surface area contributed by atoms with Gasteiger partial charge in [-0.2, -0.15) is 15.1 Å². The van der Waals surface area contributed by atoms with E-state index in [9.17, 15) is 14.5 Å². The lowest BCUT2D eigenvalue weighted by Gasteiger charge is -2.29. The molecular weight excluding hydrogens is 541 g/mol. The third-order valence-electron chi connectivity index (χ3n) is 6.42. The normalized spacial score (nSPS) is 22.6. The number of benzene rings is 1. The summed E-state index contributed by atoms with van der Waals surface area (Å²) in [5.41, 5.74) is 5.94. The molecule has 5 atom stereocenters. The van der Waals surface area contributed by atoms with Gasteiger partial charge >= 0.3 is 13.7 Å². The average molecular weight is 578 g/mol. The molecule has 1 aliphatic heterocycles. The van der Waals surface area contributed by atoms with Crippen molar-refractivity contribution < 1.29 is 33.0 Å². The molecule has 0 saturated carbocycles. The van der Waals surface area contributed by atoms with Crippen molar-refractivity contribution in [3.05, 3.63) is 36.7 Å². The monoisotopic (exact) mass is 577 g/mol. The van der Waals surface area contributed by atoms with Crippen LogP contribution in [-0.2, 0) is 23.4 Å². The van der Waals surface area contributed by atoms with Crippen LogP contribution in [0.3, 0.4) is 0 Å². The number of rotatable bonds is 11. The Bertz CT molecular complexity index is 1380. The van der Waals surface area contributed by atoms with Crippen LogP contribution in [0.5, 0.6) is 5.75 Å². The van der Waals surface area contributed by atoms with Crippen molar-refractivity contribution in [3.8, 4) is 5.75 Å². The smallest absolute Gasteiger partial charge is 0.459 e. The second-order valence-electron chi connectivity index (χ2n) is 10.3. The number of fused-ring (bicyclic) bond motifs is 1. The number of ether oxygens (including phenoxy) is 2. The van der Waals surface area contributed by atoms with Crippen LogP contribution >= 0.6 is 7.75 Å². The van der Waals surface area contributed by atoms with Crippen LogP contribution in [0.1, 0.15) is 40.8 Å². The van der Waals surface area contributed by atoms with E-state index in [0.29, 0.717) is 17.0 Å². The second kappa shape index (κ2) is 11.7. The maximum Gasteiger partial charge on any atom is 0.459 e. The number of carbonyl (C=O) groups is 1. The third kappa shape index (κ3) is 6.21. The molecule has 0 radical (unpaired) electrons. The van der Waals surface area contributed by atoms with E-state index in [1.807, 2.05) is 13.8 Å². The molecule has 4 rings (SSSR count). The minimum atomic E-state index is -4.16. The second-order valence-corrected chi connectivity index (χ2v) is 12.0. The van der Waals surface area contributed by atoms with Gasteiger partial charge in [-0.15, -0.1) is 0 Å². The maximum atomic E-state index is 13.8. The van der Waals surface area contributed by atoms with Crippen LogP contribution in [0.2, 0.25) is 0 Å². The zero-order chi connectivity index (χ0) is 29.2. The molecule has 15 heteroatoms. The number of anilines is 2. The quantitative estimate of drug-likeness (QED) is 0.193. The predicted molar refractivity (Wildman–Crippen MR) is 147 cm³/mol. The summed E-state index contributed by atoms with van der Waals surface area (Å²) in [6.07, 6.45) is -1.53. The van der Waals surface area contributed by atoms with Crippen molar-refractivity contribution in [2.75, 3.05) is 24.7 Å². The molecule has 2 aromatic heterocycles. The van der Waals surface area contributed by atoms with Crippen LogP contribution in [0.15, 0.2) is 36.7 Å². The molecule has 0 bridgehead atoms. The number of hydrogen-bond acceptors (Lipinski definition) is 12. The van der Waals surface area contributed by atoms with E-state index < -0.39 is 43.6 Å². The third-order valence-corrected chi connectivity index (χ3v) is 8.06. The molecule has 5 N–H and O–H groups in total. The van der Waals surface area contributed by atoms with Crippen LogP contribution in [-0.4, -0.2) is 68.6 Å². The molecule has 0 aliphatic carbocycles. The molecule has 1 fully saturated rings. The van der Waals surface area contributed by atoms with E-state index in [2.05, 4.69) is 25.4 Å². The maximum absolute atomic E-state index is 13.8. The lowest BCUT2D eigenvalue weighted by atomic mass is 9.84. The van der Waals surface area contributed by atoms with Gasteiger partial charge in [-0.1, -0.05) is 32.0 Å². The van der Waals surface area contributed by atoms with E-state index in [0.717, 1.165) is 0 Å². The summed E-state index contributed by atoms with van der Waals surface area (Å²) in [5.74, 6) is 0.136. The first-order chi connectivity index (χ1) is 18.8.